The van der Waals surface area contributed by atoms with E-state index in [9.17, 15) is 4.79 Å². The molecule has 1 saturated carbocycles. The average molecular weight is 469 g/mol. The number of fused-ring (bicyclic) bond motifs is 2. The number of H-pyrrole nitrogens is 1. The first-order chi connectivity index (χ1) is 15.7. The van der Waals surface area contributed by atoms with Crippen LogP contribution in [0.1, 0.15) is 54.3 Å². The van der Waals surface area contributed by atoms with Gasteiger partial charge in [-0.2, -0.15) is 0 Å². The lowest BCUT2D eigenvalue weighted by molar-refractivity contribution is 0.0348. The Balaban J connectivity index is 0.00000228. The van der Waals surface area contributed by atoms with Crippen molar-refractivity contribution >= 4 is 29.3 Å². The van der Waals surface area contributed by atoms with Crippen LogP contribution in [0.3, 0.4) is 0 Å². The monoisotopic (exact) mass is 468 g/mol. The van der Waals surface area contributed by atoms with Gasteiger partial charge in [0.25, 0.3) is 5.91 Å². The van der Waals surface area contributed by atoms with E-state index in [0.717, 1.165) is 36.2 Å². The van der Waals surface area contributed by atoms with E-state index in [4.69, 9.17) is 14.5 Å². The van der Waals surface area contributed by atoms with E-state index in [1.807, 2.05) is 30.3 Å². The zero-order valence-electron chi connectivity index (χ0n) is 18.5. The lowest BCUT2D eigenvalue weighted by atomic mass is 9.86. The number of aromatic nitrogens is 2. The molecule has 1 aliphatic carbocycles. The Morgan fingerprint density at radius 2 is 1.88 bits per heavy atom. The lowest BCUT2D eigenvalue weighted by Gasteiger charge is -2.46. The second-order valence-corrected chi connectivity index (χ2v) is 9.03. The van der Waals surface area contributed by atoms with Gasteiger partial charge in [-0.25, -0.2) is 4.98 Å². The highest BCUT2D eigenvalue weighted by Crippen LogP contribution is 2.38. The third-order valence-electron chi connectivity index (χ3n) is 7.05. The highest BCUT2D eigenvalue weighted by atomic mass is 35.5. The summed E-state index contributed by atoms with van der Waals surface area (Å²) in [6, 6.07) is 14.5. The molecule has 0 radical (unpaired) electrons. The number of carbonyl (C=O) groups excluding carboxylic acids is 1. The van der Waals surface area contributed by atoms with Gasteiger partial charge < -0.3 is 19.8 Å². The van der Waals surface area contributed by atoms with Crippen LogP contribution in [0.2, 0.25) is 0 Å². The molecule has 2 fully saturated rings. The van der Waals surface area contributed by atoms with Gasteiger partial charge in [0.05, 0.1) is 17.1 Å². The fraction of sp³-hybridized carbons (Fsp3) is 0.440. The van der Waals surface area contributed by atoms with E-state index in [2.05, 4.69) is 21.3 Å². The number of ether oxygens (including phenoxy) is 2. The Morgan fingerprint density at radius 3 is 2.67 bits per heavy atom. The van der Waals surface area contributed by atoms with Gasteiger partial charge in [0.15, 0.2) is 11.5 Å². The fourth-order valence-corrected chi connectivity index (χ4v) is 5.12. The smallest absolute Gasteiger partial charge is 0.251 e. The number of para-hydroxylation sites is 2. The Kier molecular flexibility index (Phi) is 6.17. The van der Waals surface area contributed by atoms with Crippen molar-refractivity contribution < 1.29 is 14.3 Å². The van der Waals surface area contributed by atoms with Crippen LogP contribution >= 0.6 is 12.4 Å². The van der Waals surface area contributed by atoms with Crippen molar-refractivity contribution in [2.75, 3.05) is 19.8 Å². The van der Waals surface area contributed by atoms with Crippen molar-refractivity contribution in [3.05, 3.63) is 53.9 Å². The molecule has 1 amide bonds. The number of halogens is 1. The molecule has 1 aromatic heterocycles. The number of imidazole rings is 1. The number of nitrogens with one attached hydrogen (secondary N) is 2. The third-order valence-corrected chi connectivity index (χ3v) is 7.05. The standard InChI is InChI=1S/C25H28N4O3.ClH/c30-25(16-8-9-22-23(14-16)32-13-12-31-22)26-17-10-11-29(18-4-3-5-18)21(15-17)24-27-19-6-1-2-7-20(19)28-24;/h1-2,6-9,14,17-18,21H,3-5,10-13,15H2,(H,26,30)(H,27,28);1H/t17-,21-;/m1./s1. The molecule has 0 unspecified atom stereocenters. The van der Waals surface area contributed by atoms with Gasteiger partial charge in [-0.3, -0.25) is 9.69 Å². The van der Waals surface area contributed by atoms with E-state index in [1.165, 1.54) is 19.3 Å². The van der Waals surface area contributed by atoms with Crippen LogP contribution in [0, 0.1) is 0 Å². The van der Waals surface area contributed by atoms with Crippen molar-refractivity contribution in [2.24, 2.45) is 0 Å². The van der Waals surface area contributed by atoms with Crippen LogP contribution < -0.4 is 14.8 Å². The highest BCUT2D eigenvalue weighted by Gasteiger charge is 2.38. The Morgan fingerprint density at radius 1 is 1.06 bits per heavy atom. The van der Waals surface area contributed by atoms with E-state index in [-0.39, 0.29) is 30.4 Å². The zero-order chi connectivity index (χ0) is 21.5. The van der Waals surface area contributed by atoms with E-state index in [0.29, 0.717) is 36.3 Å². The maximum atomic E-state index is 13.0. The summed E-state index contributed by atoms with van der Waals surface area (Å²) in [7, 11) is 0. The number of rotatable bonds is 4. The molecule has 3 aromatic rings. The molecule has 1 saturated heterocycles. The van der Waals surface area contributed by atoms with Gasteiger partial charge in [-0.05, 0) is 56.0 Å². The van der Waals surface area contributed by atoms with Crippen LogP contribution in [-0.4, -0.2) is 52.6 Å². The van der Waals surface area contributed by atoms with Crippen molar-refractivity contribution in [1.29, 1.82) is 0 Å². The lowest BCUT2D eigenvalue weighted by Crippen LogP contribution is -2.51. The minimum Gasteiger partial charge on any atom is -0.486 e. The minimum atomic E-state index is -0.0626. The number of aromatic amines is 1. The largest absolute Gasteiger partial charge is 0.486 e. The topological polar surface area (TPSA) is 79.5 Å². The van der Waals surface area contributed by atoms with Crippen molar-refractivity contribution in [2.45, 2.75) is 50.2 Å². The summed E-state index contributed by atoms with van der Waals surface area (Å²) in [6.07, 6.45) is 5.62. The number of hydrogen-bond donors (Lipinski definition) is 2. The first-order valence-corrected chi connectivity index (χ1v) is 11.7. The summed E-state index contributed by atoms with van der Waals surface area (Å²) in [5, 5.41) is 3.27. The molecule has 2 aromatic carbocycles. The first-order valence-electron chi connectivity index (χ1n) is 11.7. The molecule has 3 aliphatic rings. The Hall–Kier alpha value is -2.77. The van der Waals surface area contributed by atoms with Gasteiger partial charge >= 0.3 is 0 Å². The third kappa shape index (κ3) is 4.27. The van der Waals surface area contributed by atoms with E-state index < -0.39 is 0 Å². The maximum absolute atomic E-state index is 13.0. The molecule has 0 spiro atoms. The van der Waals surface area contributed by atoms with Crippen LogP contribution in [0.25, 0.3) is 11.0 Å². The molecule has 2 N–H and O–H groups in total. The molecule has 8 heteroatoms. The number of hydrogen-bond acceptors (Lipinski definition) is 5. The normalized spacial score (nSPS) is 22.9. The maximum Gasteiger partial charge on any atom is 0.251 e. The van der Waals surface area contributed by atoms with Gasteiger partial charge in [0.1, 0.15) is 19.0 Å². The minimum absolute atomic E-state index is 0. The number of likely N-dealkylation sites (tertiary alicyclic amines) is 1. The van der Waals surface area contributed by atoms with E-state index >= 15 is 0 Å². The summed E-state index contributed by atoms with van der Waals surface area (Å²) in [5.41, 5.74) is 2.67. The van der Waals surface area contributed by atoms with Crippen LogP contribution in [0.5, 0.6) is 11.5 Å². The van der Waals surface area contributed by atoms with Gasteiger partial charge in [-0.1, -0.05) is 18.6 Å². The Bertz CT molecular complexity index is 1110. The number of piperidine rings is 1. The summed E-state index contributed by atoms with van der Waals surface area (Å²) >= 11 is 0. The van der Waals surface area contributed by atoms with Crippen LogP contribution in [-0.2, 0) is 0 Å². The van der Waals surface area contributed by atoms with E-state index in [1.54, 1.807) is 6.07 Å². The Labute approximate surface area is 199 Å². The molecule has 2 aliphatic heterocycles. The van der Waals surface area contributed by atoms with Crippen LogP contribution in [0.15, 0.2) is 42.5 Å². The van der Waals surface area contributed by atoms with Gasteiger partial charge in [0.2, 0.25) is 0 Å². The van der Waals surface area contributed by atoms with Crippen molar-refractivity contribution in [1.82, 2.24) is 20.2 Å². The van der Waals surface area contributed by atoms with Gasteiger partial charge in [0, 0.05) is 24.2 Å². The summed E-state index contributed by atoms with van der Waals surface area (Å²) < 4.78 is 11.2. The van der Waals surface area contributed by atoms with Gasteiger partial charge in [-0.15, -0.1) is 12.4 Å². The predicted molar refractivity (Wildman–Crippen MR) is 128 cm³/mol. The second-order valence-electron chi connectivity index (χ2n) is 9.03. The molecule has 3 heterocycles. The summed E-state index contributed by atoms with van der Waals surface area (Å²) in [6.45, 7) is 2.02. The number of nitrogens with zero attached hydrogens (tertiary/aromatic N) is 2. The zero-order valence-corrected chi connectivity index (χ0v) is 19.3. The molecule has 7 nitrogen and oxygen atoms in total. The first kappa shape index (κ1) is 22.0. The second kappa shape index (κ2) is 9.23. The molecule has 6 rings (SSSR count). The molecular formula is C25H29ClN4O3. The summed E-state index contributed by atoms with van der Waals surface area (Å²) in [4.78, 5) is 24.1. The molecular weight excluding hydrogens is 440 g/mol. The van der Waals surface area contributed by atoms with Crippen molar-refractivity contribution in [3.8, 4) is 11.5 Å². The molecule has 0 bridgehead atoms. The number of amides is 1. The van der Waals surface area contributed by atoms with Crippen molar-refractivity contribution in [3.63, 3.8) is 0 Å². The molecule has 2 atom stereocenters. The molecule has 33 heavy (non-hydrogen) atoms. The molecule has 174 valence electrons. The number of benzene rings is 2. The number of carbonyl (C=O) groups is 1. The quantitative estimate of drug-likeness (QED) is 0.598. The summed E-state index contributed by atoms with van der Waals surface area (Å²) in [5.74, 6) is 2.29. The SMILES string of the molecule is Cl.O=C(N[C@@H]1CCN(C2CCC2)[C@@H](c2nc3ccccc3[nH]2)C1)c1ccc2c(c1)OCCO2. The predicted octanol–water partition coefficient (Wildman–Crippen LogP) is 4.24. The van der Waals surface area contributed by atoms with Crippen LogP contribution in [0.4, 0.5) is 0 Å². The highest BCUT2D eigenvalue weighted by molar-refractivity contribution is 5.95. The fourth-order valence-electron chi connectivity index (χ4n) is 5.12. The average Bonchev–Trinajstić information content (AvgIpc) is 3.23.